The monoisotopic (exact) mass is 377 g/mol. The zero-order valence-electron chi connectivity index (χ0n) is 15.4. The summed E-state index contributed by atoms with van der Waals surface area (Å²) in [7, 11) is 0. The first kappa shape index (κ1) is 16.9. The van der Waals surface area contributed by atoms with Crippen LogP contribution < -0.4 is 10.1 Å². The lowest BCUT2D eigenvalue weighted by Gasteiger charge is -2.37. The summed E-state index contributed by atoms with van der Waals surface area (Å²) >= 11 is 1.93. The van der Waals surface area contributed by atoms with Crippen LogP contribution in [0.5, 0.6) is 5.75 Å². The van der Waals surface area contributed by atoms with Crippen molar-refractivity contribution in [1.29, 1.82) is 0 Å². The average molecular weight is 378 g/mol. The van der Waals surface area contributed by atoms with Gasteiger partial charge in [-0.05, 0) is 60.7 Å². The van der Waals surface area contributed by atoms with E-state index in [1.807, 2.05) is 17.8 Å². The van der Waals surface area contributed by atoms with Crippen LogP contribution in [0.1, 0.15) is 46.8 Å². The Morgan fingerprint density at radius 2 is 1.96 bits per heavy atom. The number of carbonyl (C=O) groups excluding carboxylic acids is 1. The molecule has 1 aliphatic carbocycles. The van der Waals surface area contributed by atoms with E-state index in [2.05, 4.69) is 53.9 Å². The van der Waals surface area contributed by atoms with Crippen molar-refractivity contribution in [2.24, 2.45) is 5.92 Å². The van der Waals surface area contributed by atoms with Gasteiger partial charge >= 0.3 is 0 Å². The second-order valence-electron chi connectivity index (χ2n) is 7.68. The zero-order chi connectivity index (χ0) is 18.4. The normalized spacial score (nSPS) is 25.9. The number of ether oxygens (including phenoxy) is 1. The van der Waals surface area contributed by atoms with Gasteiger partial charge in [-0.15, -0.1) is 0 Å². The minimum atomic E-state index is 0.124. The standard InChI is InChI=1S/C23H23NO2S/c1-14(25)16-7-10-22-21(11-16)19-3-2-4-20(19)23(24-22)15-5-8-17(9-6-15)26-18-12-27-13-18/h2-3,5-11,18-20,23-24H,4,12-13H2,1H3/t19-,20+,23+/m1/s1. The summed E-state index contributed by atoms with van der Waals surface area (Å²) < 4.78 is 5.99. The number of nitrogens with one attached hydrogen (secondary N) is 1. The van der Waals surface area contributed by atoms with Crippen LogP contribution in [0.25, 0.3) is 0 Å². The quantitative estimate of drug-likeness (QED) is 0.586. The van der Waals surface area contributed by atoms with Crippen LogP contribution in [0.3, 0.4) is 0 Å². The van der Waals surface area contributed by atoms with Gasteiger partial charge in [-0.3, -0.25) is 4.79 Å². The van der Waals surface area contributed by atoms with Gasteiger partial charge in [0.2, 0.25) is 0 Å². The summed E-state index contributed by atoms with van der Waals surface area (Å²) in [6, 6.07) is 14.9. The maximum absolute atomic E-state index is 11.8. The van der Waals surface area contributed by atoms with Crippen LogP contribution in [0.4, 0.5) is 5.69 Å². The van der Waals surface area contributed by atoms with E-state index in [0.29, 0.717) is 17.9 Å². The topological polar surface area (TPSA) is 38.3 Å². The average Bonchev–Trinajstić information content (AvgIpc) is 3.14. The third-order valence-electron chi connectivity index (χ3n) is 5.92. The molecule has 0 unspecified atom stereocenters. The lowest BCUT2D eigenvalue weighted by atomic mass is 9.76. The highest BCUT2D eigenvalue weighted by atomic mass is 32.2. The van der Waals surface area contributed by atoms with Crippen molar-refractivity contribution in [3.8, 4) is 5.75 Å². The summed E-state index contributed by atoms with van der Waals surface area (Å²) in [5, 5.41) is 3.74. The molecule has 2 aliphatic heterocycles. The predicted octanol–water partition coefficient (Wildman–Crippen LogP) is 5.21. The highest BCUT2D eigenvalue weighted by Crippen LogP contribution is 2.50. The van der Waals surface area contributed by atoms with E-state index in [0.717, 1.165) is 34.9 Å². The number of fused-ring (bicyclic) bond motifs is 3. The Bertz CT molecular complexity index is 901. The minimum absolute atomic E-state index is 0.124. The first-order chi connectivity index (χ1) is 13.2. The predicted molar refractivity (Wildman–Crippen MR) is 111 cm³/mol. The van der Waals surface area contributed by atoms with Gasteiger partial charge in [-0.2, -0.15) is 11.8 Å². The molecular formula is C23H23NO2S. The number of thioether (sulfide) groups is 1. The molecule has 1 saturated heterocycles. The Balaban J connectivity index is 1.43. The fourth-order valence-electron chi connectivity index (χ4n) is 4.37. The van der Waals surface area contributed by atoms with Gasteiger partial charge in [0, 0.05) is 28.7 Å². The number of benzene rings is 2. The molecular weight excluding hydrogens is 354 g/mol. The first-order valence-electron chi connectivity index (χ1n) is 9.61. The molecule has 0 saturated carbocycles. The lowest BCUT2D eigenvalue weighted by Crippen LogP contribution is -2.31. The Morgan fingerprint density at radius 3 is 2.67 bits per heavy atom. The van der Waals surface area contributed by atoms with Gasteiger partial charge < -0.3 is 10.1 Å². The van der Waals surface area contributed by atoms with Gasteiger partial charge in [0.25, 0.3) is 0 Å². The van der Waals surface area contributed by atoms with E-state index in [-0.39, 0.29) is 11.8 Å². The molecule has 0 amide bonds. The maximum atomic E-state index is 11.8. The number of hydrogen-bond acceptors (Lipinski definition) is 4. The van der Waals surface area contributed by atoms with Crippen LogP contribution in [-0.4, -0.2) is 23.4 Å². The third-order valence-corrected chi connectivity index (χ3v) is 7.13. The molecule has 27 heavy (non-hydrogen) atoms. The molecule has 5 rings (SSSR count). The highest BCUT2D eigenvalue weighted by Gasteiger charge is 2.38. The van der Waals surface area contributed by atoms with E-state index in [4.69, 9.17) is 4.74 Å². The number of rotatable bonds is 4. The third kappa shape index (κ3) is 3.06. The molecule has 138 valence electrons. The van der Waals surface area contributed by atoms with E-state index in [9.17, 15) is 4.79 Å². The molecule has 0 aromatic heterocycles. The Hall–Kier alpha value is -2.20. The molecule has 1 fully saturated rings. The second-order valence-corrected chi connectivity index (χ2v) is 8.75. The fraction of sp³-hybridized carbons (Fsp3) is 0.348. The molecule has 3 aliphatic rings. The number of carbonyl (C=O) groups is 1. The number of ketones is 1. The van der Waals surface area contributed by atoms with Gasteiger partial charge in [0.1, 0.15) is 11.9 Å². The largest absolute Gasteiger partial charge is 0.489 e. The number of hydrogen-bond donors (Lipinski definition) is 1. The molecule has 3 nitrogen and oxygen atoms in total. The molecule has 4 heteroatoms. The summed E-state index contributed by atoms with van der Waals surface area (Å²) in [5.74, 6) is 4.13. The van der Waals surface area contributed by atoms with Crippen molar-refractivity contribution in [2.75, 3.05) is 16.8 Å². The highest BCUT2D eigenvalue weighted by molar-refractivity contribution is 8.00. The van der Waals surface area contributed by atoms with Crippen LogP contribution >= 0.6 is 11.8 Å². The Morgan fingerprint density at radius 1 is 1.15 bits per heavy atom. The molecule has 3 atom stereocenters. The van der Waals surface area contributed by atoms with Crippen LogP contribution in [0.2, 0.25) is 0 Å². The molecule has 2 aromatic carbocycles. The summed E-state index contributed by atoms with van der Waals surface area (Å²) in [6.07, 6.45) is 6.03. The first-order valence-corrected chi connectivity index (χ1v) is 10.8. The number of anilines is 1. The summed E-state index contributed by atoms with van der Waals surface area (Å²) in [5.41, 5.74) is 4.48. The zero-order valence-corrected chi connectivity index (χ0v) is 16.2. The van der Waals surface area contributed by atoms with E-state index < -0.39 is 0 Å². The molecule has 1 N–H and O–H groups in total. The van der Waals surface area contributed by atoms with Gasteiger partial charge in [-0.1, -0.05) is 24.3 Å². The number of Topliss-reactive ketones (excluding diaryl/α,β-unsaturated/α-hetero) is 1. The minimum Gasteiger partial charge on any atom is -0.489 e. The molecule has 2 heterocycles. The SMILES string of the molecule is CC(=O)c1ccc2c(c1)[C@@H]1C=CC[C@@H]1[C@H](c1ccc(OC3CSC3)cc1)N2. The molecule has 0 radical (unpaired) electrons. The smallest absolute Gasteiger partial charge is 0.159 e. The fourth-order valence-corrected chi connectivity index (χ4v) is 4.94. The van der Waals surface area contributed by atoms with Crippen molar-refractivity contribution in [3.05, 3.63) is 71.3 Å². The van der Waals surface area contributed by atoms with Gasteiger partial charge in [-0.25, -0.2) is 0 Å². The molecule has 2 aromatic rings. The van der Waals surface area contributed by atoms with Crippen molar-refractivity contribution in [3.63, 3.8) is 0 Å². The molecule has 0 spiro atoms. The van der Waals surface area contributed by atoms with Crippen molar-refractivity contribution in [1.82, 2.24) is 0 Å². The second kappa shape index (κ2) is 6.75. The van der Waals surface area contributed by atoms with Crippen LogP contribution in [0.15, 0.2) is 54.6 Å². The van der Waals surface area contributed by atoms with Gasteiger partial charge in [0.15, 0.2) is 5.78 Å². The van der Waals surface area contributed by atoms with Crippen molar-refractivity contribution in [2.45, 2.75) is 31.4 Å². The molecule has 0 bridgehead atoms. The lowest BCUT2D eigenvalue weighted by molar-refractivity contribution is 0.101. The van der Waals surface area contributed by atoms with E-state index >= 15 is 0 Å². The van der Waals surface area contributed by atoms with Crippen molar-refractivity contribution >= 4 is 23.2 Å². The van der Waals surface area contributed by atoms with E-state index in [1.165, 1.54) is 11.1 Å². The van der Waals surface area contributed by atoms with Crippen LogP contribution in [0, 0.1) is 5.92 Å². The summed E-state index contributed by atoms with van der Waals surface area (Å²) in [6.45, 7) is 1.63. The van der Waals surface area contributed by atoms with E-state index in [1.54, 1.807) is 6.92 Å². The van der Waals surface area contributed by atoms with Crippen LogP contribution in [-0.2, 0) is 0 Å². The maximum Gasteiger partial charge on any atom is 0.159 e. The van der Waals surface area contributed by atoms with Crippen molar-refractivity contribution < 1.29 is 9.53 Å². The summed E-state index contributed by atoms with van der Waals surface area (Å²) in [4.78, 5) is 11.8. The van der Waals surface area contributed by atoms with Gasteiger partial charge in [0.05, 0.1) is 6.04 Å². The number of allylic oxidation sites excluding steroid dienone is 2. The Kier molecular flexibility index (Phi) is 4.24. The Labute approximate surface area is 164 Å².